The van der Waals surface area contributed by atoms with Crippen molar-refractivity contribution in [2.45, 2.75) is 64.4 Å². The lowest BCUT2D eigenvalue weighted by Crippen LogP contribution is -2.36. The molecular formula is C25H27F6N3O2S. The summed E-state index contributed by atoms with van der Waals surface area (Å²) in [4.78, 5) is 3.55. The summed E-state index contributed by atoms with van der Waals surface area (Å²) in [6, 6.07) is 4.32. The zero-order valence-electron chi connectivity index (χ0n) is 20.7. The van der Waals surface area contributed by atoms with Crippen molar-refractivity contribution in [1.29, 1.82) is 0 Å². The summed E-state index contributed by atoms with van der Waals surface area (Å²) < 4.78 is 115. The maximum absolute atomic E-state index is 15.3. The van der Waals surface area contributed by atoms with Crippen LogP contribution in [0.4, 0.5) is 26.3 Å². The molecule has 1 aliphatic rings. The molecule has 1 fully saturated rings. The Bertz CT molecular complexity index is 1450. The number of alkyl halides is 5. The average molecular weight is 548 g/mol. The largest absolute Gasteiger partial charge is 0.433 e. The Morgan fingerprint density at radius 1 is 1.05 bits per heavy atom. The van der Waals surface area contributed by atoms with Gasteiger partial charge in [0.2, 0.25) is 10.0 Å². The molecule has 0 aliphatic heterocycles. The summed E-state index contributed by atoms with van der Waals surface area (Å²) in [5.74, 6) is -4.84. The maximum Gasteiger partial charge on any atom is 0.433 e. The Morgan fingerprint density at radius 3 is 2.27 bits per heavy atom. The van der Waals surface area contributed by atoms with E-state index in [9.17, 15) is 21.6 Å². The molecular weight excluding hydrogens is 520 g/mol. The number of sulfonamides is 1. The first-order chi connectivity index (χ1) is 16.9. The van der Waals surface area contributed by atoms with Crippen molar-refractivity contribution in [3.05, 3.63) is 53.2 Å². The third-order valence-corrected chi connectivity index (χ3v) is 7.96. The molecule has 2 heterocycles. The molecule has 1 aliphatic carbocycles. The molecule has 37 heavy (non-hydrogen) atoms. The highest BCUT2D eigenvalue weighted by Gasteiger charge is 2.41. The SMILES string of the molecule is Cc1ccc(-c2cc3c(cc2F)c(C(F)(F)CNS(=O)(=O)C2CC2)cn3CC(C)(C)C)c(C(F)(F)F)n1. The molecule has 1 aromatic carbocycles. The number of pyridine rings is 1. The molecule has 0 radical (unpaired) electrons. The number of fused-ring (bicyclic) bond motifs is 1. The van der Waals surface area contributed by atoms with Crippen LogP contribution in [0.1, 0.15) is 50.6 Å². The molecule has 0 atom stereocenters. The van der Waals surface area contributed by atoms with Crippen LogP contribution >= 0.6 is 0 Å². The van der Waals surface area contributed by atoms with Gasteiger partial charge in [-0.25, -0.2) is 22.5 Å². The second-order valence-electron chi connectivity index (χ2n) is 10.7. The van der Waals surface area contributed by atoms with Gasteiger partial charge in [-0.3, -0.25) is 0 Å². The molecule has 5 nitrogen and oxygen atoms in total. The fourth-order valence-electron chi connectivity index (χ4n) is 4.22. The lowest BCUT2D eigenvalue weighted by Gasteiger charge is -2.20. The number of benzene rings is 1. The average Bonchev–Trinajstić information content (AvgIpc) is 3.56. The molecule has 2 aromatic heterocycles. The first kappa shape index (κ1) is 27.4. The van der Waals surface area contributed by atoms with E-state index in [0.29, 0.717) is 12.8 Å². The fraction of sp³-hybridized carbons (Fsp3) is 0.480. The minimum Gasteiger partial charge on any atom is -0.346 e. The van der Waals surface area contributed by atoms with Crippen molar-refractivity contribution < 1.29 is 34.8 Å². The van der Waals surface area contributed by atoms with Gasteiger partial charge in [0.05, 0.1) is 11.8 Å². The van der Waals surface area contributed by atoms with Crippen LogP contribution in [0.5, 0.6) is 0 Å². The lowest BCUT2D eigenvalue weighted by atomic mass is 9.96. The summed E-state index contributed by atoms with van der Waals surface area (Å²) in [7, 11) is -3.90. The van der Waals surface area contributed by atoms with Crippen molar-refractivity contribution in [3.8, 4) is 11.1 Å². The van der Waals surface area contributed by atoms with Crippen LogP contribution in [0.3, 0.4) is 0 Å². The van der Waals surface area contributed by atoms with Gasteiger partial charge >= 0.3 is 6.18 Å². The topological polar surface area (TPSA) is 64.0 Å². The Balaban J connectivity index is 1.88. The van der Waals surface area contributed by atoms with E-state index in [1.807, 2.05) is 25.5 Å². The third-order valence-electron chi connectivity index (χ3n) is 6.06. The standard InChI is InChI=1S/C25H27F6N3O2S/c1-14-5-8-16(22(33-14)25(29,30)31)17-10-21-18(9-20(17)26)19(11-34(21)13-23(2,3)4)24(27,28)12-32-37(35,36)15-6-7-15/h5,8-11,15,32H,6-7,12-13H2,1-4H3. The molecule has 12 heteroatoms. The van der Waals surface area contributed by atoms with Gasteiger partial charge in [-0.1, -0.05) is 26.8 Å². The minimum atomic E-state index is -4.87. The van der Waals surface area contributed by atoms with Gasteiger partial charge in [-0.15, -0.1) is 0 Å². The van der Waals surface area contributed by atoms with Crippen LogP contribution in [0.25, 0.3) is 22.0 Å². The van der Waals surface area contributed by atoms with Gasteiger partial charge in [-0.05, 0) is 43.4 Å². The van der Waals surface area contributed by atoms with Crippen molar-refractivity contribution in [1.82, 2.24) is 14.3 Å². The van der Waals surface area contributed by atoms with E-state index < -0.39 is 67.5 Å². The molecule has 0 bridgehead atoms. The zero-order chi connectivity index (χ0) is 27.6. The van der Waals surface area contributed by atoms with Gasteiger partial charge in [0, 0.05) is 46.0 Å². The van der Waals surface area contributed by atoms with Crippen molar-refractivity contribution in [3.63, 3.8) is 0 Å². The molecule has 0 unspecified atom stereocenters. The zero-order valence-corrected chi connectivity index (χ0v) is 21.5. The number of hydrogen-bond acceptors (Lipinski definition) is 3. The van der Waals surface area contributed by atoms with Crippen molar-refractivity contribution in [2.75, 3.05) is 6.54 Å². The van der Waals surface area contributed by atoms with Crippen LogP contribution < -0.4 is 4.72 Å². The van der Waals surface area contributed by atoms with Gasteiger partial charge in [0.25, 0.3) is 5.92 Å². The predicted octanol–water partition coefficient (Wildman–Crippen LogP) is 6.39. The fourth-order valence-corrected chi connectivity index (χ4v) is 5.60. The minimum absolute atomic E-state index is 0.0873. The summed E-state index contributed by atoms with van der Waals surface area (Å²) >= 11 is 0. The number of hydrogen-bond donors (Lipinski definition) is 1. The maximum atomic E-state index is 15.3. The highest BCUT2D eigenvalue weighted by Crippen LogP contribution is 2.42. The molecule has 4 rings (SSSR count). The van der Waals surface area contributed by atoms with Crippen LogP contribution in [0, 0.1) is 18.2 Å². The van der Waals surface area contributed by atoms with Gasteiger partial charge in [-0.2, -0.15) is 22.0 Å². The normalized spacial score (nSPS) is 15.5. The number of rotatable bonds is 7. The van der Waals surface area contributed by atoms with Crippen molar-refractivity contribution in [2.24, 2.45) is 5.41 Å². The number of nitrogens with zero attached hydrogens (tertiary/aromatic N) is 2. The summed E-state index contributed by atoms with van der Waals surface area (Å²) in [5, 5.41) is -0.911. The van der Waals surface area contributed by atoms with E-state index in [-0.39, 0.29) is 23.1 Å². The molecule has 1 N–H and O–H groups in total. The molecule has 0 saturated heterocycles. The number of aromatic nitrogens is 2. The Hall–Kier alpha value is -2.60. The van der Waals surface area contributed by atoms with Gasteiger partial charge < -0.3 is 4.57 Å². The monoisotopic (exact) mass is 547 g/mol. The smallest absolute Gasteiger partial charge is 0.346 e. The number of aryl methyl sites for hydroxylation is 1. The van der Waals surface area contributed by atoms with E-state index >= 15 is 13.2 Å². The van der Waals surface area contributed by atoms with Crippen LogP contribution in [-0.4, -0.2) is 29.8 Å². The highest BCUT2D eigenvalue weighted by molar-refractivity contribution is 7.90. The van der Waals surface area contributed by atoms with E-state index in [2.05, 4.69) is 4.98 Å². The van der Waals surface area contributed by atoms with Crippen molar-refractivity contribution >= 4 is 20.9 Å². The van der Waals surface area contributed by atoms with Gasteiger partial charge in [0.15, 0.2) is 5.69 Å². The molecule has 0 spiro atoms. The van der Waals surface area contributed by atoms with Gasteiger partial charge in [0.1, 0.15) is 5.82 Å². The number of halogens is 6. The Kier molecular flexibility index (Phi) is 6.68. The molecule has 0 amide bonds. The van der Waals surface area contributed by atoms with E-state index in [0.717, 1.165) is 24.4 Å². The quantitative estimate of drug-likeness (QED) is 0.349. The van der Waals surface area contributed by atoms with Crippen LogP contribution in [0.2, 0.25) is 0 Å². The molecule has 1 saturated carbocycles. The molecule has 3 aromatic rings. The third kappa shape index (κ3) is 5.79. The van der Waals surface area contributed by atoms with E-state index in [1.54, 1.807) is 0 Å². The van der Waals surface area contributed by atoms with Crippen LogP contribution in [-0.2, 0) is 28.7 Å². The predicted molar refractivity (Wildman–Crippen MR) is 128 cm³/mol. The first-order valence-electron chi connectivity index (χ1n) is 11.6. The number of nitrogens with one attached hydrogen (secondary N) is 1. The second kappa shape index (κ2) is 9.00. The summed E-state index contributed by atoms with van der Waals surface area (Å²) in [5.41, 5.74) is -3.07. The molecule has 202 valence electrons. The Morgan fingerprint density at radius 2 is 1.70 bits per heavy atom. The summed E-state index contributed by atoms with van der Waals surface area (Å²) in [6.45, 7) is 5.88. The highest BCUT2D eigenvalue weighted by atomic mass is 32.2. The van der Waals surface area contributed by atoms with Crippen LogP contribution in [0.15, 0.2) is 30.5 Å². The Labute approximate surface area is 210 Å². The van der Waals surface area contributed by atoms with E-state index in [4.69, 9.17) is 0 Å². The second-order valence-corrected chi connectivity index (χ2v) is 12.7. The lowest BCUT2D eigenvalue weighted by molar-refractivity contribution is -0.140. The van der Waals surface area contributed by atoms with E-state index in [1.165, 1.54) is 17.6 Å². The first-order valence-corrected chi connectivity index (χ1v) is 13.2. The summed E-state index contributed by atoms with van der Waals surface area (Å²) in [6.07, 6.45) is -2.96.